The number of halogens is 1. The molecule has 1 aromatic rings. The first-order chi connectivity index (χ1) is 9.08. The number of benzene rings is 1. The second-order valence-corrected chi connectivity index (χ2v) is 5.53. The van der Waals surface area contributed by atoms with Crippen molar-refractivity contribution < 1.29 is 14.6 Å². The molecule has 0 bridgehead atoms. The number of hydrogen-bond acceptors (Lipinski definition) is 2. The van der Waals surface area contributed by atoms with E-state index in [1.165, 1.54) is 19.3 Å². The van der Waals surface area contributed by atoms with E-state index < -0.39 is 5.97 Å². The minimum Gasteiger partial charge on any atom is -0.492 e. The zero-order valence-corrected chi connectivity index (χ0v) is 13.1. The van der Waals surface area contributed by atoms with Crippen LogP contribution in [0.25, 0.3) is 0 Å². The van der Waals surface area contributed by atoms with Crippen LogP contribution in [-0.4, -0.2) is 17.7 Å². The number of carboxylic acids is 1. The molecule has 0 aliphatic heterocycles. The summed E-state index contributed by atoms with van der Waals surface area (Å²) in [5, 5.41) is 8.89. The number of unbranched alkanes of at least 4 members (excludes halogenated alkanes) is 1. The van der Waals surface area contributed by atoms with Gasteiger partial charge >= 0.3 is 5.97 Å². The average molecular weight is 329 g/mol. The van der Waals surface area contributed by atoms with E-state index in [-0.39, 0.29) is 5.56 Å². The van der Waals surface area contributed by atoms with Gasteiger partial charge in [0.2, 0.25) is 0 Å². The lowest BCUT2D eigenvalue weighted by molar-refractivity contribution is 0.0696. The van der Waals surface area contributed by atoms with Crippen LogP contribution in [0, 0.1) is 5.92 Å². The Hall–Kier alpha value is -1.03. The van der Waals surface area contributed by atoms with E-state index in [1.807, 2.05) is 0 Å². The smallest absolute Gasteiger partial charge is 0.335 e. The summed E-state index contributed by atoms with van der Waals surface area (Å²) < 4.78 is 6.47. The molecule has 0 aromatic heterocycles. The Bertz CT molecular complexity index is 418. The van der Waals surface area contributed by atoms with E-state index in [1.54, 1.807) is 18.2 Å². The van der Waals surface area contributed by atoms with Crippen LogP contribution in [0.1, 0.15) is 49.9 Å². The standard InChI is InChI=1S/C15H21BrO3/c1-3-5-6-11(4-2)10-19-14-8-7-12(15(17)18)9-13(14)16/h7-9,11H,3-6,10H2,1-2H3,(H,17,18). The lowest BCUT2D eigenvalue weighted by atomic mass is 10.0. The molecule has 0 aliphatic carbocycles. The maximum Gasteiger partial charge on any atom is 0.335 e. The molecule has 1 atom stereocenters. The summed E-state index contributed by atoms with van der Waals surface area (Å²) in [7, 11) is 0. The van der Waals surface area contributed by atoms with Gasteiger partial charge in [0, 0.05) is 0 Å². The Morgan fingerprint density at radius 1 is 1.42 bits per heavy atom. The molecular formula is C15H21BrO3. The zero-order chi connectivity index (χ0) is 14.3. The highest BCUT2D eigenvalue weighted by Gasteiger charge is 2.10. The Kier molecular flexibility index (Phi) is 6.92. The summed E-state index contributed by atoms with van der Waals surface area (Å²) in [5.41, 5.74) is 0.261. The fourth-order valence-corrected chi connectivity index (χ4v) is 2.35. The van der Waals surface area contributed by atoms with Crippen LogP contribution in [0.3, 0.4) is 0 Å². The average Bonchev–Trinajstić information content (AvgIpc) is 2.40. The molecule has 1 N–H and O–H groups in total. The lowest BCUT2D eigenvalue weighted by Crippen LogP contribution is -2.11. The molecule has 0 amide bonds. The van der Waals surface area contributed by atoms with Crippen molar-refractivity contribution in [2.45, 2.75) is 39.5 Å². The first-order valence-corrected chi connectivity index (χ1v) is 7.53. The van der Waals surface area contributed by atoms with Crippen molar-refractivity contribution in [3.8, 4) is 5.75 Å². The quantitative estimate of drug-likeness (QED) is 0.749. The third-order valence-corrected chi connectivity index (χ3v) is 3.82. The second-order valence-electron chi connectivity index (χ2n) is 4.68. The van der Waals surface area contributed by atoms with Crippen LogP contribution >= 0.6 is 15.9 Å². The number of carboxylic acid groups (broad SMARTS) is 1. The Labute approximate surface area is 123 Å². The minimum atomic E-state index is -0.929. The van der Waals surface area contributed by atoms with E-state index in [0.717, 1.165) is 6.42 Å². The van der Waals surface area contributed by atoms with Crippen molar-refractivity contribution in [1.29, 1.82) is 0 Å². The summed E-state index contributed by atoms with van der Waals surface area (Å²) in [6.45, 7) is 5.04. The third-order valence-electron chi connectivity index (χ3n) is 3.20. The van der Waals surface area contributed by atoms with Gasteiger partial charge in [0.05, 0.1) is 16.6 Å². The summed E-state index contributed by atoms with van der Waals surface area (Å²) in [6, 6.07) is 4.85. The van der Waals surface area contributed by atoms with Crippen molar-refractivity contribution in [1.82, 2.24) is 0 Å². The fraction of sp³-hybridized carbons (Fsp3) is 0.533. The highest BCUT2D eigenvalue weighted by Crippen LogP contribution is 2.27. The van der Waals surface area contributed by atoms with Crippen LogP contribution in [0.15, 0.2) is 22.7 Å². The molecule has 0 saturated heterocycles. The number of rotatable bonds is 8. The molecule has 1 rings (SSSR count). The molecule has 0 heterocycles. The van der Waals surface area contributed by atoms with Gasteiger partial charge in [0.15, 0.2) is 0 Å². The van der Waals surface area contributed by atoms with Crippen molar-refractivity contribution >= 4 is 21.9 Å². The van der Waals surface area contributed by atoms with Crippen LogP contribution < -0.4 is 4.74 Å². The van der Waals surface area contributed by atoms with Crippen molar-refractivity contribution in [3.63, 3.8) is 0 Å². The molecule has 106 valence electrons. The fourth-order valence-electron chi connectivity index (χ4n) is 1.86. The minimum absolute atomic E-state index is 0.261. The maximum atomic E-state index is 10.8. The Morgan fingerprint density at radius 2 is 2.16 bits per heavy atom. The molecule has 0 radical (unpaired) electrons. The first-order valence-electron chi connectivity index (χ1n) is 6.74. The summed E-state index contributed by atoms with van der Waals surface area (Å²) >= 11 is 3.35. The van der Waals surface area contributed by atoms with Crippen molar-refractivity contribution in [2.24, 2.45) is 5.92 Å². The number of hydrogen-bond donors (Lipinski definition) is 1. The molecule has 19 heavy (non-hydrogen) atoms. The van der Waals surface area contributed by atoms with E-state index in [0.29, 0.717) is 22.7 Å². The van der Waals surface area contributed by atoms with Crippen molar-refractivity contribution in [3.05, 3.63) is 28.2 Å². The number of carbonyl (C=O) groups is 1. The van der Waals surface area contributed by atoms with Gasteiger partial charge in [-0.2, -0.15) is 0 Å². The molecular weight excluding hydrogens is 308 g/mol. The van der Waals surface area contributed by atoms with Crippen LogP contribution in [-0.2, 0) is 0 Å². The monoisotopic (exact) mass is 328 g/mol. The predicted octanol–water partition coefficient (Wildman–Crippen LogP) is 4.74. The summed E-state index contributed by atoms with van der Waals surface area (Å²) in [6.07, 6.45) is 4.71. The Balaban J connectivity index is 2.59. The molecule has 0 saturated carbocycles. The van der Waals surface area contributed by atoms with Gasteiger partial charge in [-0.05, 0) is 46.5 Å². The highest BCUT2D eigenvalue weighted by molar-refractivity contribution is 9.10. The van der Waals surface area contributed by atoms with Gasteiger partial charge < -0.3 is 9.84 Å². The second kappa shape index (κ2) is 8.20. The molecule has 0 aliphatic rings. The molecule has 3 nitrogen and oxygen atoms in total. The Morgan fingerprint density at radius 3 is 2.68 bits per heavy atom. The summed E-state index contributed by atoms with van der Waals surface area (Å²) in [4.78, 5) is 10.8. The van der Waals surface area contributed by atoms with Gasteiger partial charge in [0.25, 0.3) is 0 Å². The molecule has 0 fully saturated rings. The van der Waals surface area contributed by atoms with Gasteiger partial charge in [0.1, 0.15) is 5.75 Å². The number of ether oxygens (including phenoxy) is 1. The third kappa shape index (κ3) is 5.23. The van der Waals surface area contributed by atoms with E-state index >= 15 is 0 Å². The molecule has 0 spiro atoms. The SMILES string of the molecule is CCCCC(CC)COc1ccc(C(=O)O)cc1Br. The zero-order valence-electron chi connectivity index (χ0n) is 11.5. The van der Waals surface area contributed by atoms with E-state index in [9.17, 15) is 4.79 Å². The highest BCUT2D eigenvalue weighted by atomic mass is 79.9. The van der Waals surface area contributed by atoms with Crippen molar-refractivity contribution in [2.75, 3.05) is 6.61 Å². The predicted molar refractivity (Wildman–Crippen MR) is 79.9 cm³/mol. The van der Waals surface area contributed by atoms with Gasteiger partial charge in [-0.15, -0.1) is 0 Å². The van der Waals surface area contributed by atoms with Crippen LogP contribution in [0.4, 0.5) is 0 Å². The normalized spacial score (nSPS) is 12.2. The molecule has 4 heteroatoms. The molecule has 1 aromatic carbocycles. The van der Waals surface area contributed by atoms with E-state index in [2.05, 4.69) is 29.8 Å². The molecule has 1 unspecified atom stereocenters. The largest absolute Gasteiger partial charge is 0.492 e. The number of aromatic carboxylic acids is 1. The summed E-state index contributed by atoms with van der Waals surface area (Å²) in [5.74, 6) is 0.340. The maximum absolute atomic E-state index is 10.8. The van der Waals surface area contributed by atoms with Crippen LogP contribution in [0.2, 0.25) is 0 Å². The lowest BCUT2D eigenvalue weighted by Gasteiger charge is -2.16. The topological polar surface area (TPSA) is 46.5 Å². The van der Waals surface area contributed by atoms with Gasteiger partial charge in [-0.3, -0.25) is 0 Å². The van der Waals surface area contributed by atoms with E-state index in [4.69, 9.17) is 9.84 Å². The first kappa shape index (κ1) is 16.0. The van der Waals surface area contributed by atoms with Crippen LogP contribution in [0.5, 0.6) is 5.75 Å². The van der Waals surface area contributed by atoms with Gasteiger partial charge in [-0.25, -0.2) is 4.79 Å². The van der Waals surface area contributed by atoms with Gasteiger partial charge in [-0.1, -0.05) is 33.1 Å².